The third-order valence-electron chi connectivity index (χ3n) is 4.19. The molecule has 31 heavy (non-hydrogen) atoms. The molecule has 4 rings (SSSR count). The second-order valence-corrected chi connectivity index (χ2v) is 9.81. The smallest absolute Gasteiger partial charge is 0.263 e. The van der Waals surface area contributed by atoms with Crippen LogP contribution in [-0.4, -0.2) is 21.3 Å². The number of carbonyl (C=O) groups is 1. The summed E-state index contributed by atoms with van der Waals surface area (Å²) in [5.74, 6) is 0.588. The molecule has 0 aliphatic heterocycles. The van der Waals surface area contributed by atoms with Gasteiger partial charge in [-0.15, -0.1) is 10.2 Å². The van der Waals surface area contributed by atoms with E-state index in [-0.39, 0.29) is 5.91 Å². The van der Waals surface area contributed by atoms with Crippen LogP contribution in [0.3, 0.4) is 0 Å². The third kappa shape index (κ3) is 5.22. The van der Waals surface area contributed by atoms with Gasteiger partial charge in [-0.1, -0.05) is 69.1 Å². The zero-order chi connectivity index (χ0) is 22.0. The van der Waals surface area contributed by atoms with Crippen LogP contribution < -0.4 is 5.32 Å². The highest BCUT2D eigenvalue weighted by Crippen LogP contribution is 2.33. The summed E-state index contributed by atoms with van der Waals surface area (Å²) in [6.07, 6.45) is 0. The number of nitrogens with zero attached hydrogens (tertiary/aromatic N) is 3. The quantitative estimate of drug-likeness (QED) is 0.221. The van der Waals surface area contributed by atoms with Crippen molar-refractivity contribution in [2.45, 2.75) is 17.0 Å². The van der Waals surface area contributed by atoms with E-state index in [0.717, 1.165) is 5.56 Å². The number of amides is 1. The van der Waals surface area contributed by atoms with E-state index >= 15 is 0 Å². The molecule has 1 amide bonds. The first-order valence-electron chi connectivity index (χ1n) is 8.84. The summed E-state index contributed by atoms with van der Waals surface area (Å²) in [6, 6.07) is 12.3. The van der Waals surface area contributed by atoms with Crippen LogP contribution >= 0.6 is 57.9 Å². The van der Waals surface area contributed by atoms with Gasteiger partial charge in [-0.25, -0.2) is 0 Å². The van der Waals surface area contributed by atoms with Crippen LogP contribution in [0.1, 0.15) is 21.6 Å². The Balaban J connectivity index is 1.46. The fraction of sp³-hybridized carbons (Fsp3) is 0.100. The summed E-state index contributed by atoms with van der Waals surface area (Å²) < 4.78 is 6.08. The van der Waals surface area contributed by atoms with Gasteiger partial charge in [0.2, 0.25) is 5.13 Å². The van der Waals surface area contributed by atoms with Crippen molar-refractivity contribution >= 4 is 68.9 Å². The van der Waals surface area contributed by atoms with Gasteiger partial charge in [-0.2, -0.15) is 0 Å². The molecule has 1 N–H and O–H groups in total. The van der Waals surface area contributed by atoms with Crippen molar-refractivity contribution in [1.29, 1.82) is 0 Å². The number of hydrogen-bond donors (Lipinski definition) is 1. The number of halogens is 3. The molecule has 0 bridgehead atoms. The van der Waals surface area contributed by atoms with E-state index in [1.807, 2.05) is 6.07 Å². The number of hydrogen-bond acceptors (Lipinski definition) is 7. The van der Waals surface area contributed by atoms with Crippen molar-refractivity contribution < 1.29 is 9.32 Å². The predicted octanol–water partition coefficient (Wildman–Crippen LogP) is 7.01. The molecular weight excluding hydrogens is 499 g/mol. The first-order valence-corrected chi connectivity index (χ1v) is 11.8. The van der Waals surface area contributed by atoms with Crippen molar-refractivity contribution in [3.8, 4) is 11.3 Å². The molecule has 2 aromatic heterocycles. The minimum atomic E-state index is -0.378. The van der Waals surface area contributed by atoms with Crippen molar-refractivity contribution in [3.05, 3.63) is 74.4 Å². The molecule has 11 heteroatoms. The molecule has 2 heterocycles. The van der Waals surface area contributed by atoms with E-state index in [2.05, 4.69) is 20.7 Å². The highest BCUT2D eigenvalue weighted by atomic mass is 35.5. The summed E-state index contributed by atoms with van der Waals surface area (Å²) in [5.41, 5.74) is 2.44. The normalized spacial score (nSPS) is 11.0. The van der Waals surface area contributed by atoms with Crippen molar-refractivity contribution in [2.75, 3.05) is 5.32 Å². The van der Waals surface area contributed by atoms with E-state index in [0.29, 0.717) is 52.9 Å². The van der Waals surface area contributed by atoms with Crippen LogP contribution in [0.25, 0.3) is 11.3 Å². The van der Waals surface area contributed by atoms with Gasteiger partial charge in [0.15, 0.2) is 10.1 Å². The lowest BCUT2D eigenvalue weighted by Gasteiger charge is -2.03. The Hall–Kier alpha value is -2.10. The van der Waals surface area contributed by atoms with Crippen LogP contribution in [0.4, 0.5) is 5.13 Å². The Morgan fingerprint density at radius 3 is 2.58 bits per heavy atom. The number of thioether (sulfide) groups is 1. The lowest BCUT2D eigenvalue weighted by atomic mass is 10.1. The fourth-order valence-corrected chi connectivity index (χ4v) is 5.12. The Bertz CT molecular complexity index is 1240. The number of aryl methyl sites for hydroxylation is 1. The molecule has 0 unspecified atom stereocenters. The molecular formula is C20H13Cl3N4O2S2. The average Bonchev–Trinajstić information content (AvgIpc) is 3.34. The maximum absolute atomic E-state index is 12.9. The molecule has 4 aromatic rings. The van der Waals surface area contributed by atoms with Crippen molar-refractivity contribution in [1.82, 2.24) is 15.4 Å². The van der Waals surface area contributed by atoms with Crippen LogP contribution in [0.5, 0.6) is 0 Å². The molecule has 0 aliphatic carbocycles. The van der Waals surface area contributed by atoms with Gasteiger partial charge in [0.1, 0.15) is 5.56 Å². The molecule has 158 valence electrons. The monoisotopic (exact) mass is 510 g/mol. The van der Waals surface area contributed by atoms with Crippen molar-refractivity contribution in [3.63, 3.8) is 0 Å². The number of rotatable bonds is 6. The summed E-state index contributed by atoms with van der Waals surface area (Å²) in [7, 11) is 0. The molecule has 0 saturated heterocycles. The fourth-order valence-electron chi connectivity index (χ4n) is 2.69. The molecule has 0 aliphatic rings. The highest BCUT2D eigenvalue weighted by Gasteiger charge is 2.23. The number of nitrogens with one attached hydrogen (secondary N) is 1. The number of aromatic nitrogens is 3. The zero-order valence-corrected chi connectivity index (χ0v) is 19.8. The van der Waals surface area contributed by atoms with Gasteiger partial charge in [0, 0.05) is 26.4 Å². The zero-order valence-electron chi connectivity index (χ0n) is 15.9. The minimum Gasteiger partial charge on any atom is -0.355 e. The lowest BCUT2D eigenvalue weighted by molar-refractivity contribution is 0.102. The molecule has 2 aromatic carbocycles. The molecule has 0 saturated carbocycles. The van der Waals surface area contributed by atoms with Crippen LogP contribution in [0.2, 0.25) is 15.1 Å². The van der Waals surface area contributed by atoms with Crippen LogP contribution in [0.15, 0.2) is 51.3 Å². The van der Waals surface area contributed by atoms with Crippen LogP contribution in [-0.2, 0) is 5.75 Å². The molecule has 0 radical (unpaired) electrons. The maximum Gasteiger partial charge on any atom is 0.263 e. The van der Waals surface area contributed by atoms with E-state index in [4.69, 9.17) is 39.3 Å². The van der Waals surface area contributed by atoms with E-state index in [1.165, 1.54) is 23.1 Å². The van der Waals surface area contributed by atoms with E-state index < -0.39 is 0 Å². The Morgan fingerprint density at radius 2 is 1.84 bits per heavy atom. The third-order valence-corrected chi connectivity index (χ3v) is 7.05. The first-order chi connectivity index (χ1) is 14.9. The number of carbonyl (C=O) groups excluding carboxylic acids is 1. The first kappa shape index (κ1) is 22.1. The van der Waals surface area contributed by atoms with E-state index in [1.54, 1.807) is 43.3 Å². The Kier molecular flexibility index (Phi) is 6.83. The topological polar surface area (TPSA) is 80.9 Å². The summed E-state index contributed by atoms with van der Waals surface area (Å²) >= 11 is 20.8. The van der Waals surface area contributed by atoms with Gasteiger partial charge in [-0.05, 0) is 48.9 Å². The minimum absolute atomic E-state index is 0.333. The maximum atomic E-state index is 12.9. The van der Waals surface area contributed by atoms with Gasteiger partial charge < -0.3 is 4.52 Å². The standard InChI is InChI=1S/C20H13Cl3N4O2S2/c1-10-16(17(29-27-10)11-2-5-13(21)6-3-11)18(28)24-19-25-26-20(31-19)30-9-12-4-7-14(22)8-15(12)23/h2-8H,9H2,1H3,(H,24,25,28). The molecule has 6 nitrogen and oxygen atoms in total. The summed E-state index contributed by atoms with van der Waals surface area (Å²) in [5, 5.41) is 17.0. The Labute approximate surface area is 200 Å². The number of anilines is 1. The largest absolute Gasteiger partial charge is 0.355 e. The van der Waals surface area contributed by atoms with Crippen molar-refractivity contribution in [2.24, 2.45) is 0 Å². The van der Waals surface area contributed by atoms with E-state index in [9.17, 15) is 4.79 Å². The van der Waals surface area contributed by atoms with Gasteiger partial charge >= 0.3 is 0 Å². The average molecular weight is 512 g/mol. The van der Waals surface area contributed by atoms with Crippen LogP contribution in [0, 0.1) is 6.92 Å². The summed E-state index contributed by atoms with van der Waals surface area (Å²) in [4.78, 5) is 12.9. The SMILES string of the molecule is Cc1noc(-c2ccc(Cl)cc2)c1C(=O)Nc1nnc(SCc2ccc(Cl)cc2Cl)s1. The molecule has 0 spiro atoms. The second-order valence-electron chi connectivity index (χ2n) is 6.33. The Morgan fingerprint density at radius 1 is 1.10 bits per heavy atom. The van der Waals surface area contributed by atoms with Gasteiger partial charge in [-0.3, -0.25) is 10.1 Å². The highest BCUT2D eigenvalue weighted by molar-refractivity contribution is 8.00. The number of benzene rings is 2. The predicted molar refractivity (Wildman–Crippen MR) is 126 cm³/mol. The van der Waals surface area contributed by atoms with Gasteiger partial charge in [0.05, 0.1) is 5.69 Å². The molecule has 0 fully saturated rings. The molecule has 0 atom stereocenters. The lowest BCUT2D eigenvalue weighted by Crippen LogP contribution is -2.13. The second kappa shape index (κ2) is 9.58. The summed E-state index contributed by atoms with van der Waals surface area (Å²) in [6.45, 7) is 1.70. The van der Waals surface area contributed by atoms with Gasteiger partial charge in [0.25, 0.3) is 5.91 Å².